The zero-order valence-electron chi connectivity index (χ0n) is 17.8. The highest BCUT2D eigenvalue weighted by atomic mass is 127. The van der Waals surface area contributed by atoms with E-state index in [2.05, 4.69) is 69.3 Å². The van der Waals surface area contributed by atoms with E-state index in [0.29, 0.717) is 14.6 Å². The van der Waals surface area contributed by atoms with Gasteiger partial charge in [0.15, 0.2) is 0 Å². The van der Waals surface area contributed by atoms with Gasteiger partial charge in [0.2, 0.25) is 0 Å². The topological polar surface area (TPSA) is 20.2 Å². The third kappa shape index (κ3) is 10.8. The van der Waals surface area contributed by atoms with Crippen LogP contribution >= 0.6 is 22.6 Å². The lowest BCUT2D eigenvalue weighted by molar-refractivity contribution is 0.308. The molecule has 0 fully saturated rings. The Bertz CT molecular complexity index is 513. The van der Waals surface area contributed by atoms with Gasteiger partial charge in [0.25, 0.3) is 0 Å². The van der Waals surface area contributed by atoms with Gasteiger partial charge in [-0.05, 0) is 61.1 Å². The summed E-state index contributed by atoms with van der Waals surface area (Å²) in [6, 6.07) is 6.25. The number of hydrogen-bond acceptors (Lipinski definition) is 1. The lowest BCUT2D eigenvalue weighted by Crippen LogP contribution is -2.08. The molecule has 26 heavy (non-hydrogen) atoms. The first-order chi connectivity index (χ1) is 12.1. The first-order valence-corrected chi connectivity index (χ1v) is 11.7. The summed E-state index contributed by atoms with van der Waals surface area (Å²) in [7, 11) is 0. The van der Waals surface area contributed by atoms with E-state index in [1.165, 1.54) is 63.4 Å². The highest BCUT2D eigenvalue weighted by Crippen LogP contribution is 2.28. The average molecular weight is 472 g/mol. The molecule has 1 N–H and O–H groups in total. The second-order valence-electron chi connectivity index (χ2n) is 9.32. The molecule has 1 rings (SSSR count). The minimum absolute atomic E-state index is 0.409. The summed E-state index contributed by atoms with van der Waals surface area (Å²) in [6.07, 6.45) is 13.6. The van der Waals surface area contributed by atoms with E-state index >= 15 is 0 Å². The Morgan fingerprint density at radius 2 is 1.46 bits per heavy atom. The number of benzene rings is 1. The minimum atomic E-state index is 0.409. The third-order valence-electron chi connectivity index (χ3n) is 5.64. The van der Waals surface area contributed by atoms with Crippen LogP contribution in [0.1, 0.15) is 104 Å². The van der Waals surface area contributed by atoms with Gasteiger partial charge in [0.05, 0.1) is 0 Å². The molecule has 0 aromatic heterocycles. The van der Waals surface area contributed by atoms with E-state index in [1.807, 2.05) is 6.07 Å². The summed E-state index contributed by atoms with van der Waals surface area (Å²) in [5.41, 5.74) is 3.03. The summed E-state index contributed by atoms with van der Waals surface area (Å²) >= 11 is 2.53. The van der Waals surface area contributed by atoms with Gasteiger partial charge in [-0.15, -0.1) is 0 Å². The zero-order chi connectivity index (χ0) is 19.6. The Balaban J connectivity index is 2.32. The van der Waals surface area contributed by atoms with Crippen molar-refractivity contribution in [2.45, 2.75) is 109 Å². The van der Waals surface area contributed by atoms with Gasteiger partial charge < -0.3 is 5.11 Å². The van der Waals surface area contributed by atoms with Crippen molar-refractivity contribution in [2.24, 2.45) is 5.41 Å². The number of phenolic OH excluding ortho intramolecular Hbond substituents is 1. The summed E-state index contributed by atoms with van der Waals surface area (Å²) in [5, 5.41) is 10.1. The molecule has 2 heteroatoms. The van der Waals surface area contributed by atoms with Crippen molar-refractivity contribution in [3.63, 3.8) is 0 Å². The summed E-state index contributed by atoms with van der Waals surface area (Å²) in [6.45, 7) is 11.6. The van der Waals surface area contributed by atoms with Crippen LogP contribution in [-0.4, -0.2) is 8.53 Å². The Labute approximate surface area is 176 Å². The molecule has 0 amide bonds. The van der Waals surface area contributed by atoms with E-state index in [1.54, 1.807) is 0 Å². The number of aromatic hydroxyl groups is 1. The molecule has 0 saturated carbocycles. The zero-order valence-corrected chi connectivity index (χ0v) is 20.0. The Morgan fingerprint density at radius 1 is 0.846 bits per heavy atom. The summed E-state index contributed by atoms with van der Waals surface area (Å²) in [4.78, 5) is 0. The van der Waals surface area contributed by atoms with Gasteiger partial charge in [-0.25, -0.2) is 0 Å². The number of rotatable bonds is 13. The molecule has 0 aliphatic carbocycles. The Morgan fingerprint density at radius 3 is 2.08 bits per heavy atom. The molecule has 150 valence electrons. The van der Waals surface area contributed by atoms with Crippen LogP contribution < -0.4 is 0 Å². The molecule has 1 aromatic rings. The molecular formula is C24H41IO. The molecule has 0 radical (unpaired) electrons. The van der Waals surface area contributed by atoms with Crippen LogP contribution in [0.25, 0.3) is 0 Å². The SMILES string of the molecule is CCC(C)(C)CCCCCc1ccc(O)c(CCCCCC(C)(C)I)c1. The van der Waals surface area contributed by atoms with Crippen molar-refractivity contribution in [3.05, 3.63) is 29.3 Å². The highest BCUT2D eigenvalue weighted by molar-refractivity contribution is 14.1. The van der Waals surface area contributed by atoms with Crippen molar-refractivity contribution in [3.8, 4) is 5.75 Å². The van der Waals surface area contributed by atoms with Crippen LogP contribution in [0.5, 0.6) is 5.75 Å². The van der Waals surface area contributed by atoms with Gasteiger partial charge in [-0.2, -0.15) is 0 Å². The molecule has 1 aromatic carbocycles. The van der Waals surface area contributed by atoms with Crippen molar-refractivity contribution in [1.29, 1.82) is 0 Å². The third-order valence-corrected chi connectivity index (χ3v) is 6.18. The van der Waals surface area contributed by atoms with E-state index in [9.17, 15) is 5.11 Å². The van der Waals surface area contributed by atoms with Crippen LogP contribution in [0.15, 0.2) is 18.2 Å². The largest absolute Gasteiger partial charge is 0.508 e. The van der Waals surface area contributed by atoms with Crippen LogP contribution in [-0.2, 0) is 12.8 Å². The Hall–Kier alpha value is -0.250. The molecule has 0 aliphatic heterocycles. The molecule has 0 atom stereocenters. The predicted octanol–water partition coefficient (Wildman–Crippen LogP) is 8.25. The quantitative estimate of drug-likeness (QED) is 0.174. The van der Waals surface area contributed by atoms with Gasteiger partial charge in [0.1, 0.15) is 5.75 Å². The number of aryl methyl sites for hydroxylation is 2. The first kappa shape index (κ1) is 23.8. The van der Waals surface area contributed by atoms with Gasteiger partial charge in [0, 0.05) is 3.42 Å². The lowest BCUT2D eigenvalue weighted by Gasteiger charge is -2.22. The van der Waals surface area contributed by atoms with Gasteiger partial charge in [-0.3, -0.25) is 0 Å². The molecule has 0 unspecified atom stereocenters. The Kier molecular flexibility index (Phi) is 10.6. The molecule has 1 nitrogen and oxygen atoms in total. The average Bonchev–Trinajstić information content (AvgIpc) is 2.55. The number of halogens is 1. The predicted molar refractivity (Wildman–Crippen MR) is 125 cm³/mol. The second-order valence-corrected chi connectivity index (χ2v) is 12.2. The van der Waals surface area contributed by atoms with Gasteiger partial charge in [-0.1, -0.05) is 101 Å². The van der Waals surface area contributed by atoms with E-state index in [4.69, 9.17) is 0 Å². The number of unbranched alkanes of at least 4 members (excludes halogenated alkanes) is 4. The van der Waals surface area contributed by atoms with E-state index in [-0.39, 0.29) is 0 Å². The van der Waals surface area contributed by atoms with Crippen LogP contribution in [0, 0.1) is 5.41 Å². The molecule has 0 saturated heterocycles. The van der Waals surface area contributed by atoms with E-state index < -0.39 is 0 Å². The van der Waals surface area contributed by atoms with Crippen LogP contribution in [0.2, 0.25) is 0 Å². The molecule has 0 bridgehead atoms. The minimum Gasteiger partial charge on any atom is -0.508 e. The first-order valence-electron chi connectivity index (χ1n) is 10.6. The monoisotopic (exact) mass is 472 g/mol. The number of hydrogen-bond donors (Lipinski definition) is 1. The lowest BCUT2D eigenvalue weighted by atomic mass is 9.84. The maximum absolute atomic E-state index is 10.1. The number of phenols is 1. The van der Waals surface area contributed by atoms with Crippen LogP contribution in [0.3, 0.4) is 0 Å². The fraction of sp³-hybridized carbons (Fsp3) is 0.750. The normalized spacial score (nSPS) is 12.5. The summed E-state index contributed by atoms with van der Waals surface area (Å²) < 4.78 is 0.409. The van der Waals surface area contributed by atoms with Crippen molar-refractivity contribution in [2.75, 3.05) is 0 Å². The van der Waals surface area contributed by atoms with Crippen molar-refractivity contribution < 1.29 is 5.11 Å². The molecule has 0 spiro atoms. The highest BCUT2D eigenvalue weighted by Gasteiger charge is 2.14. The van der Waals surface area contributed by atoms with Crippen molar-refractivity contribution >= 4 is 22.6 Å². The van der Waals surface area contributed by atoms with Gasteiger partial charge >= 0.3 is 0 Å². The fourth-order valence-electron chi connectivity index (χ4n) is 3.32. The van der Waals surface area contributed by atoms with Crippen LogP contribution in [0.4, 0.5) is 0 Å². The second kappa shape index (κ2) is 11.6. The maximum atomic E-state index is 10.1. The number of alkyl halides is 1. The molecule has 0 heterocycles. The smallest absolute Gasteiger partial charge is 0.118 e. The molecule has 0 aliphatic rings. The fourth-order valence-corrected chi connectivity index (χ4v) is 3.70. The van der Waals surface area contributed by atoms with Crippen molar-refractivity contribution in [1.82, 2.24) is 0 Å². The molecular weight excluding hydrogens is 431 g/mol. The summed E-state index contributed by atoms with van der Waals surface area (Å²) in [5.74, 6) is 0.479. The maximum Gasteiger partial charge on any atom is 0.118 e. The van der Waals surface area contributed by atoms with E-state index in [0.717, 1.165) is 18.4 Å². The standard InChI is InChI=1S/C24H41IO/c1-6-23(2,3)17-11-7-9-13-20-15-16-22(26)21(19-20)14-10-8-12-18-24(4,5)25/h15-16,19,26H,6-14,17-18H2,1-5H3.